The standard InChI is InChI=1S/C12H20N6.HI/c1-6-7-14-11(13-2)15-8-10-9-16-12(17(3)4)18(10)5;/h1,9H,7-8H2,2-5H3,(H2,13,14,15);1H. The largest absolute Gasteiger partial charge is 0.351 e. The lowest BCUT2D eigenvalue weighted by Gasteiger charge is -2.14. The van der Waals surface area contributed by atoms with E-state index >= 15 is 0 Å². The first-order valence-corrected chi connectivity index (χ1v) is 5.66. The van der Waals surface area contributed by atoms with Crippen LogP contribution in [0.2, 0.25) is 0 Å². The Morgan fingerprint density at radius 1 is 1.53 bits per heavy atom. The number of halogens is 1. The van der Waals surface area contributed by atoms with Gasteiger partial charge in [-0.05, 0) is 0 Å². The highest BCUT2D eigenvalue weighted by Crippen LogP contribution is 2.10. The monoisotopic (exact) mass is 376 g/mol. The fourth-order valence-electron chi connectivity index (χ4n) is 1.54. The van der Waals surface area contributed by atoms with E-state index in [4.69, 9.17) is 6.42 Å². The van der Waals surface area contributed by atoms with Crippen LogP contribution in [0.15, 0.2) is 11.2 Å². The van der Waals surface area contributed by atoms with Crippen molar-refractivity contribution in [3.8, 4) is 12.3 Å². The number of nitrogens with one attached hydrogen (secondary N) is 2. The van der Waals surface area contributed by atoms with Crippen molar-refractivity contribution >= 4 is 35.9 Å². The maximum Gasteiger partial charge on any atom is 0.204 e. The molecule has 0 amide bonds. The maximum absolute atomic E-state index is 5.18. The lowest BCUT2D eigenvalue weighted by Crippen LogP contribution is -2.37. The van der Waals surface area contributed by atoms with E-state index in [9.17, 15) is 0 Å². The smallest absolute Gasteiger partial charge is 0.204 e. The van der Waals surface area contributed by atoms with E-state index < -0.39 is 0 Å². The van der Waals surface area contributed by atoms with Crippen LogP contribution < -0.4 is 15.5 Å². The molecule has 0 bridgehead atoms. The lowest BCUT2D eigenvalue weighted by atomic mass is 10.4. The zero-order valence-electron chi connectivity index (χ0n) is 11.8. The van der Waals surface area contributed by atoms with Crippen LogP contribution in [0.3, 0.4) is 0 Å². The first-order chi connectivity index (χ1) is 8.60. The highest BCUT2D eigenvalue weighted by atomic mass is 127. The van der Waals surface area contributed by atoms with Crippen molar-refractivity contribution in [2.45, 2.75) is 6.54 Å². The van der Waals surface area contributed by atoms with Crippen molar-refractivity contribution in [2.75, 3.05) is 32.6 Å². The Hall–Kier alpha value is -1.43. The molecule has 0 aliphatic rings. The molecule has 0 saturated carbocycles. The number of rotatable bonds is 4. The van der Waals surface area contributed by atoms with Gasteiger partial charge < -0.3 is 20.1 Å². The van der Waals surface area contributed by atoms with Crippen LogP contribution in [0.25, 0.3) is 0 Å². The maximum atomic E-state index is 5.18. The number of anilines is 1. The van der Waals surface area contributed by atoms with Gasteiger partial charge in [0.2, 0.25) is 5.95 Å². The van der Waals surface area contributed by atoms with E-state index in [1.807, 2.05) is 36.8 Å². The first kappa shape index (κ1) is 17.6. The minimum Gasteiger partial charge on any atom is -0.351 e. The zero-order chi connectivity index (χ0) is 13.5. The van der Waals surface area contributed by atoms with Gasteiger partial charge in [-0.2, -0.15) is 0 Å². The summed E-state index contributed by atoms with van der Waals surface area (Å²) in [6, 6.07) is 0. The van der Waals surface area contributed by atoms with Crippen LogP contribution in [0.4, 0.5) is 5.95 Å². The molecule has 0 atom stereocenters. The molecule has 106 valence electrons. The average molecular weight is 376 g/mol. The second-order valence-electron chi connectivity index (χ2n) is 3.99. The van der Waals surface area contributed by atoms with Gasteiger partial charge in [-0.25, -0.2) is 4.98 Å². The van der Waals surface area contributed by atoms with E-state index in [0.717, 1.165) is 11.6 Å². The van der Waals surface area contributed by atoms with Crippen molar-refractivity contribution in [3.63, 3.8) is 0 Å². The first-order valence-electron chi connectivity index (χ1n) is 5.66. The average Bonchev–Trinajstić information content (AvgIpc) is 2.71. The molecule has 0 radical (unpaired) electrons. The van der Waals surface area contributed by atoms with Crippen molar-refractivity contribution < 1.29 is 0 Å². The number of hydrogen-bond donors (Lipinski definition) is 2. The van der Waals surface area contributed by atoms with Crippen LogP contribution in [0.5, 0.6) is 0 Å². The molecule has 2 N–H and O–H groups in total. The number of terminal acetylenes is 1. The number of hydrogen-bond acceptors (Lipinski definition) is 3. The Bertz CT molecular complexity index is 457. The summed E-state index contributed by atoms with van der Waals surface area (Å²) in [7, 11) is 7.62. The Balaban J connectivity index is 0.00000324. The predicted octanol–water partition coefficient (Wildman–Crippen LogP) is 0.402. The molecule has 0 spiro atoms. The summed E-state index contributed by atoms with van der Waals surface area (Å²) in [4.78, 5) is 10.4. The summed E-state index contributed by atoms with van der Waals surface area (Å²) in [6.45, 7) is 1.09. The molecular formula is C12H21IN6. The van der Waals surface area contributed by atoms with Gasteiger partial charge in [0.15, 0.2) is 5.96 Å². The van der Waals surface area contributed by atoms with Crippen LogP contribution in [0.1, 0.15) is 5.69 Å². The molecule has 0 aliphatic carbocycles. The van der Waals surface area contributed by atoms with E-state index in [0.29, 0.717) is 19.0 Å². The van der Waals surface area contributed by atoms with Crippen molar-refractivity contribution in [1.82, 2.24) is 20.2 Å². The highest BCUT2D eigenvalue weighted by molar-refractivity contribution is 14.0. The van der Waals surface area contributed by atoms with Gasteiger partial charge in [0.25, 0.3) is 0 Å². The highest BCUT2D eigenvalue weighted by Gasteiger charge is 2.08. The van der Waals surface area contributed by atoms with E-state index in [1.165, 1.54) is 0 Å². The number of nitrogens with zero attached hydrogens (tertiary/aromatic N) is 4. The topological polar surface area (TPSA) is 57.5 Å². The second kappa shape index (κ2) is 8.63. The molecule has 19 heavy (non-hydrogen) atoms. The zero-order valence-corrected chi connectivity index (χ0v) is 14.1. The molecule has 0 aliphatic heterocycles. The quantitative estimate of drug-likeness (QED) is 0.346. The summed E-state index contributed by atoms with van der Waals surface area (Å²) in [5, 5.41) is 6.18. The third-order valence-corrected chi connectivity index (χ3v) is 2.48. The van der Waals surface area contributed by atoms with Gasteiger partial charge >= 0.3 is 0 Å². The Labute approximate surface area is 131 Å². The SMILES string of the molecule is C#CCNC(=NC)NCc1cnc(N(C)C)n1C.I. The molecule has 1 rings (SSSR count). The fourth-order valence-corrected chi connectivity index (χ4v) is 1.54. The lowest BCUT2D eigenvalue weighted by molar-refractivity contribution is 0.753. The van der Waals surface area contributed by atoms with Crippen LogP contribution >= 0.6 is 24.0 Å². The summed E-state index contributed by atoms with van der Waals surface area (Å²) in [5.41, 5.74) is 1.07. The summed E-state index contributed by atoms with van der Waals surface area (Å²) in [5.74, 6) is 4.10. The number of aromatic nitrogens is 2. The molecule has 0 fully saturated rings. The summed E-state index contributed by atoms with van der Waals surface area (Å²) >= 11 is 0. The van der Waals surface area contributed by atoms with Gasteiger partial charge in [0.1, 0.15) is 0 Å². The van der Waals surface area contributed by atoms with Gasteiger partial charge in [-0.3, -0.25) is 4.99 Å². The van der Waals surface area contributed by atoms with Crippen LogP contribution in [-0.2, 0) is 13.6 Å². The third kappa shape index (κ3) is 4.98. The molecular weight excluding hydrogens is 355 g/mol. The summed E-state index contributed by atoms with van der Waals surface area (Å²) in [6.07, 6.45) is 7.03. The van der Waals surface area contributed by atoms with Gasteiger partial charge in [-0.1, -0.05) is 5.92 Å². The Morgan fingerprint density at radius 3 is 2.68 bits per heavy atom. The minimum atomic E-state index is 0. The second-order valence-corrected chi connectivity index (χ2v) is 3.99. The van der Waals surface area contributed by atoms with Crippen molar-refractivity contribution in [1.29, 1.82) is 0 Å². The van der Waals surface area contributed by atoms with Crippen molar-refractivity contribution in [2.24, 2.45) is 12.0 Å². The van der Waals surface area contributed by atoms with Gasteiger partial charge in [0.05, 0.1) is 25.0 Å². The number of aliphatic imine (C=N–C) groups is 1. The molecule has 7 heteroatoms. The summed E-state index contributed by atoms with van der Waals surface area (Å²) < 4.78 is 2.03. The molecule has 6 nitrogen and oxygen atoms in total. The predicted molar refractivity (Wildman–Crippen MR) is 90.0 cm³/mol. The minimum absolute atomic E-state index is 0. The van der Waals surface area contributed by atoms with Crippen LogP contribution in [-0.4, -0.2) is 43.2 Å². The fraction of sp³-hybridized carbons (Fsp3) is 0.500. The normalized spacial score (nSPS) is 10.4. The Kier molecular flexibility index (Phi) is 7.98. The van der Waals surface area contributed by atoms with E-state index in [1.54, 1.807) is 7.05 Å². The molecule has 0 saturated heterocycles. The molecule has 1 aromatic heterocycles. The number of imidazole rings is 1. The van der Waals surface area contributed by atoms with Crippen molar-refractivity contribution in [3.05, 3.63) is 11.9 Å². The number of guanidine groups is 1. The third-order valence-electron chi connectivity index (χ3n) is 2.48. The molecule has 0 aromatic carbocycles. The van der Waals surface area contributed by atoms with Crippen LogP contribution in [0, 0.1) is 12.3 Å². The van der Waals surface area contributed by atoms with E-state index in [2.05, 4.69) is 26.5 Å². The molecule has 1 heterocycles. The van der Waals surface area contributed by atoms with Gasteiger partial charge in [-0.15, -0.1) is 30.4 Å². The molecule has 0 unspecified atom stereocenters. The van der Waals surface area contributed by atoms with Gasteiger partial charge in [0, 0.05) is 28.2 Å². The molecule has 1 aromatic rings. The Morgan fingerprint density at radius 2 is 2.21 bits per heavy atom. The van der Waals surface area contributed by atoms with E-state index in [-0.39, 0.29) is 24.0 Å².